The number of rotatable bonds is 6. The molecule has 1 aliphatic rings. The lowest BCUT2D eigenvalue weighted by Gasteiger charge is -2.36. The molecule has 184 valence electrons. The molecule has 1 saturated heterocycles. The number of nitrogen functional groups attached to an aromatic ring is 1. The Labute approximate surface area is 204 Å². The van der Waals surface area contributed by atoms with Gasteiger partial charge in [0.15, 0.2) is 5.03 Å². The minimum atomic E-state index is -4.27. The molecule has 11 heteroatoms. The highest BCUT2D eigenvalue weighted by atomic mass is 32.2. The normalized spacial score (nSPS) is 17.3. The third-order valence-electron chi connectivity index (χ3n) is 6.53. The molecule has 3 N–H and O–H groups in total. The summed E-state index contributed by atoms with van der Waals surface area (Å²) in [6, 6.07) is 11.0. The van der Waals surface area contributed by atoms with Crippen LogP contribution in [0.2, 0.25) is 0 Å². The Morgan fingerprint density at radius 2 is 1.94 bits per heavy atom. The molecule has 0 radical (unpaired) electrons. The monoisotopic (exact) mass is 496 g/mol. The van der Waals surface area contributed by atoms with E-state index >= 15 is 0 Å². The largest absolute Gasteiger partial charge is 0.481 e. The van der Waals surface area contributed by atoms with Gasteiger partial charge in [0, 0.05) is 29.9 Å². The van der Waals surface area contributed by atoms with Crippen molar-refractivity contribution in [2.45, 2.75) is 37.8 Å². The molecule has 3 aromatic rings. The van der Waals surface area contributed by atoms with E-state index in [0.29, 0.717) is 35.4 Å². The van der Waals surface area contributed by atoms with E-state index in [1.165, 1.54) is 25.3 Å². The lowest BCUT2D eigenvalue weighted by Crippen LogP contribution is -2.43. The molecule has 35 heavy (non-hydrogen) atoms. The topological polar surface area (TPSA) is 140 Å². The van der Waals surface area contributed by atoms with Crippen LogP contribution in [0.3, 0.4) is 0 Å². The van der Waals surface area contributed by atoms with E-state index in [1.54, 1.807) is 30.5 Å². The number of sulfonamides is 1. The van der Waals surface area contributed by atoms with Crippen LogP contribution in [0.5, 0.6) is 5.88 Å². The molecule has 1 fully saturated rings. The Morgan fingerprint density at radius 3 is 2.60 bits per heavy atom. The van der Waals surface area contributed by atoms with Crippen LogP contribution in [0.25, 0.3) is 11.3 Å². The number of carbonyl (C=O) groups is 1. The quantitative estimate of drug-likeness (QED) is 0.527. The van der Waals surface area contributed by atoms with E-state index < -0.39 is 15.9 Å². The first-order chi connectivity index (χ1) is 16.5. The highest BCUT2D eigenvalue weighted by molar-refractivity contribution is 7.90. The zero-order chi connectivity index (χ0) is 25.4. The van der Waals surface area contributed by atoms with E-state index in [2.05, 4.69) is 40.4 Å². The predicted molar refractivity (Wildman–Crippen MR) is 133 cm³/mol. The highest BCUT2D eigenvalue weighted by Gasteiger charge is 2.41. The number of anilines is 2. The first kappa shape index (κ1) is 24.4. The van der Waals surface area contributed by atoms with Crippen molar-refractivity contribution in [2.75, 3.05) is 24.3 Å². The molecule has 0 spiro atoms. The zero-order valence-corrected chi connectivity index (χ0v) is 20.8. The van der Waals surface area contributed by atoms with E-state index in [-0.39, 0.29) is 21.9 Å². The summed E-state index contributed by atoms with van der Waals surface area (Å²) in [7, 11) is -2.76. The number of carbonyl (C=O) groups excluding carboxylic acids is 1. The second-order valence-corrected chi connectivity index (χ2v) is 10.6. The molecule has 4 rings (SSSR count). The van der Waals surface area contributed by atoms with Gasteiger partial charge in [0.2, 0.25) is 5.88 Å². The summed E-state index contributed by atoms with van der Waals surface area (Å²) in [5, 5.41) is -0.346. The van der Waals surface area contributed by atoms with Gasteiger partial charge in [-0.3, -0.25) is 4.79 Å². The van der Waals surface area contributed by atoms with E-state index in [0.717, 1.165) is 6.42 Å². The van der Waals surface area contributed by atoms with Gasteiger partial charge in [-0.15, -0.1) is 0 Å². The molecule has 10 nitrogen and oxygen atoms in total. The van der Waals surface area contributed by atoms with Crippen molar-refractivity contribution in [1.29, 1.82) is 0 Å². The lowest BCUT2D eigenvalue weighted by atomic mass is 9.90. The van der Waals surface area contributed by atoms with Crippen molar-refractivity contribution < 1.29 is 17.9 Å². The van der Waals surface area contributed by atoms with Gasteiger partial charge >= 0.3 is 0 Å². The number of pyridine rings is 3. The maximum absolute atomic E-state index is 13.4. The van der Waals surface area contributed by atoms with E-state index in [4.69, 9.17) is 10.5 Å². The molecule has 4 heterocycles. The van der Waals surface area contributed by atoms with E-state index in [9.17, 15) is 13.2 Å². The number of hydrogen-bond acceptors (Lipinski definition) is 9. The number of nitrogens with one attached hydrogen (secondary N) is 1. The summed E-state index contributed by atoms with van der Waals surface area (Å²) in [6.45, 7) is 6.99. The summed E-state index contributed by atoms with van der Waals surface area (Å²) in [4.78, 5) is 28.3. The molecule has 1 atom stereocenters. The van der Waals surface area contributed by atoms with Crippen molar-refractivity contribution in [3.05, 3.63) is 54.2 Å². The van der Waals surface area contributed by atoms with Gasteiger partial charge in [-0.25, -0.2) is 19.7 Å². The average Bonchev–Trinajstić information content (AvgIpc) is 3.10. The van der Waals surface area contributed by atoms with Gasteiger partial charge in [0.25, 0.3) is 15.9 Å². The number of methoxy groups -OCH3 is 1. The molecule has 0 saturated carbocycles. The van der Waals surface area contributed by atoms with Gasteiger partial charge in [-0.05, 0) is 50.5 Å². The Kier molecular flexibility index (Phi) is 6.37. The Balaban J connectivity index is 1.79. The first-order valence-electron chi connectivity index (χ1n) is 11.1. The number of amides is 1. The summed E-state index contributed by atoms with van der Waals surface area (Å²) in [5.41, 5.74) is 6.54. The average molecular weight is 497 g/mol. The fourth-order valence-electron chi connectivity index (χ4n) is 4.09. The van der Waals surface area contributed by atoms with Crippen molar-refractivity contribution in [2.24, 2.45) is 5.92 Å². The van der Waals surface area contributed by atoms with Crippen LogP contribution in [0.4, 0.5) is 11.6 Å². The molecule has 0 aliphatic carbocycles. The molecular weight excluding hydrogens is 468 g/mol. The minimum Gasteiger partial charge on any atom is -0.481 e. The fraction of sp³-hybridized carbons (Fsp3) is 0.333. The third-order valence-corrected chi connectivity index (χ3v) is 7.76. The lowest BCUT2D eigenvalue weighted by molar-refractivity contribution is 0.0981. The third kappa shape index (κ3) is 4.76. The number of nitrogens with zero attached hydrogens (tertiary/aromatic N) is 4. The van der Waals surface area contributed by atoms with Crippen LogP contribution < -0.4 is 20.1 Å². The minimum absolute atomic E-state index is 0.0292. The SMILES string of the molecule is COc1cccc(-c2cnc(N3CCC(C)C3(C)C)c(C(=O)NS(=O)(=O)c3cccc(N)n3)c2)n1. The Bertz CT molecular complexity index is 1380. The summed E-state index contributed by atoms with van der Waals surface area (Å²) in [5.74, 6) is 0.361. The predicted octanol–water partition coefficient (Wildman–Crippen LogP) is 2.87. The first-order valence-corrected chi connectivity index (χ1v) is 12.6. The van der Waals surface area contributed by atoms with Crippen molar-refractivity contribution in [3.63, 3.8) is 0 Å². The van der Waals surface area contributed by atoms with Crippen LogP contribution in [0.15, 0.2) is 53.7 Å². The van der Waals surface area contributed by atoms with Crippen molar-refractivity contribution in [3.8, 4) is 17.1 Å². The molecule has 0 bridgehead atoms. The van der Waals surface area contributed by atoms with Crippen LogP contribution in [-0.4, -0.2) is 48.5 Å². The molecule has 1 unspecified atom stereocenters. The summed E-state index contributed by atoms with van der Waals surface area (Å²) >= 11 is 0. The smallest absolute Gasteiger partial charge is 0.281 e. The van der Waals surface area contributed by atoms with Gasteiger partial charge in [-0.2, -0.15) is 8.42 Å². The van der Waals surface area contributed by atoms with E-state index in [1.807, 2.05) is 4.90 Å². The second-order valence-electron chi connectivity index (χ2n) is 8.99. The van der Waals surface area contributed by atoms with Gasteiger partial charge in [-0.1, -0.05) is 19.1 Å². The van der Waals surface area contributed by atoms with Gasteiger partial charge in [0.05, 0.1) is 18.4 Å². The van der Waals surface area contributed by atoms with Gasteiger partial charge in [0.1, 0.15) is 11.6 Å². The van der Waals surface area contributed by atoms with Crippen LogP contribution in [0, 0.1) is 5.92 Å². The second kappa shape index (κ2) is 9.14. The summed E-state index contributed by atoms with van der Waals surface area (Å²) < 4.78 is 33.1. The Hall–Kier alpha value is -3.73. The molecular formula is C24H28N6O4S. The number of hydrogen-bond donors (Lipinski definition) is 2. The summed E-state index contributed by atoms with van der Waals surface area (Å²) in [6.07, 6.45) is 2.54. The maximum Gasteiger partial charge on any atom is 0.281 e. The van der Waals surface area contributed by atoms with Gasteiger partial charge < -0.3 is 15.4 Å². The Morgan fingerprint density at radius 1 is 1.20 bits per heavy atom. The number of nitrogens with two attached hydrogens (primary N) is 1. The van der Waals surface area contributed by atoms with Crippen LogP contribution in [-0.2, 0) is 10.0 Å². The zero-order valence-electron chi connectivity index (χ0n) is 20.0. The number of aromatic nitrogens is 3. The molecule has 0 aromatic carbocycles. The van der Waals surface area contributed by atoms with Crippen LogP contribution >= 0.6 is 0 Å². The van der Waals surface area contributed by atoms with Crippen LogP contribution in [0.1, 0.15) is 37.6 Å². The molecule has 1 amide bonds. The molecule has 3 aromatic heterocycles. The maximum atomic E-state index is 13.4. The standard InChI is InChI=1S/C24H28N6O4S/c1-15-11-12-30(24(15,2)3)22-17(13-16(14-26-22)18-7-5-9-20(27-18)34-4)23(31)29-35(32,33)21-10-6-8-19(25)28-21/h5-10,13-15H,11-12H2,1-4H3,(H2,25,28)(H,29,31). The van der Waals surface area contributed by atoms with Crippen molar-refractivity contribution >= 4 is 27.6 Å². The molecule has 1 aliphatic heterocycles. The number of ether oxygens (including phenoxy) is 1. The highest BCUT2D eigenvalue weighted by Crippen LogP contribution is 2.39. The fourth-order valence-corrected chi connectivity index (χ4v) is 5.03. The van der Waals surface area contributed by atoms with Crippen molar-refractivity contribution in [1.82, 2.24) is 19.7 Å².